The van der Waals surface area contributed by atoms with Gasteiger partial charge in [-0.05, 0) is 29.8 Å². The van der Waals surface area contributed by atoms with Crippen molar-refractivity contribution in [2.45, 2.75) is 19.4 Å². The van der Waals surface area contributed by atoms with E-state index in [4.69, 9.17) is 16.3 Å². The van der Waals surface area contributed by atoms with Crippen molar-refractivity contribution in [1.29, 1.82) is 0 Å². The molecule has 0 radical (unpaired) electrons. The number of nitrogens with one attached hydrogen (secondary N) is 1. The molecule has 0 unspecified atom stereocenters. The Morgan fingerprint density at radius 2 is 2.08 bits per heavy atom. The van der Waals surface area contributed by atoms with Gasteiger partial charge in [-0.3, -0.25) is 4.79 Å². The molecular weight excluding hydrogens is 358 g/mol. The minimum atomic E-state index is -0.350. The van der Waals surface area contributed by atoms with Crippen LogP contribution in [0.3, 0.4) is 0 Å². The normalized spacial score (nSPS) is 15.4. The highest BCUT2D eigenvalue weighted by atomic mass is 35.5. The van der Waals surface area contributed by atoms with Crippen LogP contribution in [0, 0.1) is 6.92 Å². The van der Waals surface area contributed by atoms with Crippen molar-refractivity contribution < 1.29 is 14.2 Å². The van der Waals surface area contributed by atoms with Gasteiger partial charge in [-0.2, -0.15) is 0 Å². The van der Waals surface area contributed by atoms with E-state index in [1.54, 1.807) is 19.3 Å². The quantitative estimate of drug-likeness (QED) is 0.749. The monoisotopic (exact) mass is 371 g/mol. The Morgan fingerprint density at radius 1 is 1.27 bits per heavy atom. The molecule has 0 fully saturated rings. The first kappa shape index (κ1) is 16.5. The lowest BCUT2D eigenvalue weighted by atomic mass is 10.0. The standard InChI is InChI=1S/C17H14ClN5O3/c1-9-15(23-26-22-9)17(24)21-7-13-3-11-2-10(4-14(18)16(11)25-13)12-5-19-8-20-6-12/h2,4-6,8,13H,3,7H2,1H3,(H,21,24)/t13-/m0/s1. The van der Waals surface area contributed by atoms with Gasteiger partial charge >= 0.3 is 0 Å². The molecule has 2 aromatic heterocycles. The van der Waals surface area contributed by atoms with E-state index in [1.165, 1.54) is 6.33 Å². The highest BCUT2D eigenvalue weighted by Crippen LogP contribution is 2.39. The van der Waals surface area contributed by atoms with Gasteiger partial charge in [0.1, 0.15) is 23.9 Å². The van der Waals surface area contributed by atoms with Gasteiger partial charge in [0.2, 0.25) is 0 Å². The van der Waals surface area contributed by atoms with Crippen molar-refractivity contribution in [3.63, 3.8) is 0 Å². The second-order valence-corrected chi connectivity index (χ2v) is 6.33. The molecule has 1 N–H and O–H groups in total. The zero-order valence-electron chi connectivity index (χ0n) is 13.8. The zero-order valence-corrected chi connectivity index (χ0v) is 14.5. The number of hydrogen-bond acceptors (Lipinski definition) is 7. The molecule has 9 heteroatoms. The van der Waals surface area contributed by atoms with E-state index >= 15 is 0 Å². The lowest BCUT2D eigenvalue weighted by Gasteiger charge is -2.11. The molecule has 1 aliphatic rings. The average Bonchev–Trinajstić information content (AvgIpc) is 3.26. The number of nitrogens with zero attached hydrogens (tertiary/aromatic N) is 4. The average molecular weight is 372 g/mol. The smallest absolute Gasteiger partial charge is 0.275 e. The number of amides is 1. The maximum Gasteiger partial charge on any atom is 0.275 e. The third-order valence-corrected chi connectivity index (χ3v) is 4.39. The Balaban J connectivity index is 1.46. The summed E-state index contributed by atoms with van der Waals surface area (Å²) in [5.41, 5.74) is 3.39. The molecule has 0 bridgehead atoms. The van der Waals surface area contributed by atoms with E-state index in [2.05, 4.69) is 30.2 Å². The molecular formula is C17H14ClN5O3. The van der Waals surface area contributed by atoms with Crippen molar-refractivity contribution in [3.8, 4) is 16.9 Å². The summed E-state index contributed by atoms with van der Waals surface area (Å²) in [6.45, 7) is 1.97. The summed E-state index contributed by atoms with van der Waals surface area (Å²) < 4.78 is 10.4. The number of aromatic nitrogens is 4. The Morgan fingerprint density at radius 3 is 2.81 bits per heavy atom. The van der Waals surface area contributed by atoms with Crippen molar-refractivity contribution in [3.05, 3.63) is 52.8 Å². The first-order valence-corrected chi connectivity index (χ1v) is 8.31. The van der Waals surface area contributed by atoms with Crippen LogP contribution in [-0.2, 0) is 6.42 Å². The van der Waals surface area contributed by atoms with Gasteiger partial charge < -0.3 is 10.1 Å². The van der Waals surface area contributed by atoms with E-state index in [9.17, 15) is 4.79 Å². The molecule has 26 heavy (non-hydrogen) atoms. The Hall–Kier alpha value is -3.00. The highest BCUT2D eigenvalue weighted by molar-refractivity contribution is 6.32. The minimum absolute atomic E-state index is 0.171. The zero-order chi connectivity index (χ0) is 18.1. The van der Waals surface area contributed by atoms with Crippen LogP contribution in [-0.4, -0.2) is 38.8 Å². The first-order chi connectivity index (χ1) is 12.6. The number of carbonyl (C=O) groups excluding carboxylic acids is 1. The van der Waals surface area contributed by atoms with Gasteiger partial charge in [-0.1, -0.05) is 16.8 Å². The Bertz CT molecular complexity index is 960. The lowest BCUT2D eigenvalue weighted by Crippen LogP contribution is -2.34. The van der Waals surface area contributed by atoms with Crippen molar-refractivity contribution in [2.24, 2.45) is 0 Å². The summed E-state index contributed by atoms with van der Waals surface area (Å²) >= 11 is 6.37. The molecule has 4 rings (SSSR count). The number of aryl methyl sites for hydroxylation is 1. The first-order valence-electron chi connectivity index (χ1n) is 7.93. The molecule has 1 aliphatic heterocycles. The summed E-state index contributed by atoms with van der Waals surface area (Å²) in [6.07, 6.45) is 5.35. The largest absolute Gasteiger partial charge is 0.486 e. The molecule has 0 saturated heterocycles. The maximum absolute atomic E-state index is 12.1. The lowest BCUT2D eigenvalue weighted by molar-refractivity contribution is 0.0923. The Kier molecular flexibility index (Phi) is 4.26. The summed E-state index contributed by atoms with van der Waals surface area (Å²) in [6, 6.07) is 3.83. The highest BCUT2D eigenvalue weighted by Gasteiger charge is 2.27. The maximum atomic E-state index is 12.1. The summed E-state index contributed by atoms with van der Waals surface area (Å²) in [4.78, 5) is 20.1. The van der Waals surface area contributed by atoms with E-state index in [1.807, 2.05) is 12.1 Å². The van der Waals surface area contributed by atoms with Crippen LogP contribution < -0.4 is 10.1 Å². The molecule has 0 aliphatic carbocycles. The van der Waals surface area contributed by atoms with Crippen LogP contribution in [0.2, 0.25) is 5.02 Å². The number of rotatable bonds is 4. The summed E-state index contributed by atoms with van der Waals surface area (Å²) in [5.74, 6) is 0.294. The number of benzene rings is 1. The number of hydrogen-bond donors (Lipinski definition) is 1. The third-order valence-electron chi connectivity index (χ3n) is 4.10. The molecule has 3 aromatic rings. The molecule has 1 amide bonds. The predicted octanol–water partition coefficient (Wildman–Crippen LogP) is 2.22. The van der Waals surface area contributed by atoms with Crippen LogP contribution in [0.15, 0.2) is 35.5 Å². The van der Waals surface area contributed by atoms with Crippen LogP contribution in [0.4, 0.5) is 0 Å². The fraction of sp³-hybridized carbons (Fsp3) is 0.235. The van der Waals surface area contributed by atoms with Crippen LogP contribution >= 0.6 is 11.6 Å². The summed E-state index contributed by atoms with van der Waals surface area (Å²) in [5, 5.41) is 10.5. The molecule has 132 valence electrons. The van der Waals surface area contributed by atoms with E-state index in [0.717, 1.165) is 16.7 Å². The van der Waals surface area contributed by atoms with Crippen molar-refractivity contribution >= 4 is 17.5 Å². The molecule has 0 saturated carbocycles. The topological polar surface area (TPSA) is 103 Å². The van der Waals surface area contributed by atoms with Gasteiger partial charge in [-0.15, -0.1) is 0 Å². The number of fused-ring (bicyclic) bond motifs is 1. The van der Waals surface area contributed by atoms with Crippen LogP contribution in [0.25, 0.3) is 11.1 Å². The van der Waals surface area contributed by atoms with E-state index < -0.39 is 0 Å². The third kappa shape index (κ3) is 3.11. The summed E-state index contributed by atoms with van der Waals surface area (Å²) in [7, 11) is 0. The SMILES string of the molecule is Cc1nonc1C(=O)NC[C@@H]1Cc2cc(-c3cncnc3)cc(Cl)c2O1. The number of ether oxygens (including phenoxy) is 1. The molecule has 3 heterocycles. The molecule has 1 aromatic carbocycles. The second-order valence-electron chi connectivity index (χ2n) is 5.93. The van der Waals surface area contributed by atoms with Crippen LogP contribution in [0.5, 0.6) is 5.75 Å². The number of carbonyl (C=O) groups is 1. The van der Waals surface area contributed by atoms with Crippen LogP contribution in [0.1, 0.15) is 21.7 Å². The molecule has 0 spiro atoms. The minimum Gasteiger partial charge on any atom is -0.486 e. The van der Waals surface area contributed by atoms with E-state index in [0.29, 0.717) is 29.4 Å². The Labute approximate surface area is 153 Å². The number of halogens is 1. The molecule has 1 atom stereocenters. The van der Waals surface area contributed by atoms with Gasteiger partial charge in [0.05, 0.1) is 11.6 Å². The second kappa shape index (κ2) is 6.72. The molecule has 8 nitrogen and oxygen atoms in total. The fourth-order valence-electron chi connectivity index (χ4n) is 2.84. The van der Waals surface area contributed by atoms with Gasteiger partial charge in [0, 0.05) is 29.9 Å². The van der Waals surface area contributed by atoms with Gasteiger partial charge in [-0.25, -0.2) is 14.6 Å². The predicted molar refractivity (Wildman–Crippen MR) is 92.0 cm³/mol. The van der Waals surface area contributed by atoms with E-state index in [-0.39, 0.29) is 17.7 Å². The fourth-order valence-corrected chi connectivity index (χ4v) is 3.13. The van der Waals surface area contributed by atoms with Gasteiger partial charge in [0.15, 0.2) is 5.69 Å². The van der Waals surface area contributed by atoms with Crippen molar-refractivity contribution in [1.82, 2.24) is 25.6 Å². The van der Waals surface area contributed by atoms with Gasteiger partial charge in [0.25, 0.3) is 5.91 Å². The van der Waals surface area contributed by atoms with Crippen molar-refractivity contribution in [2.75, 3.05) is 6.54 Å².